The smallest absolute Gasteiger partial charge is 0.165 e. The Morgan fingerprint density at radius 3 is 2.76 bits per heavy atom. The molecule has 7 heteroatoms. The topological polar surface area (TPSA) is 79.4 Å². The number of benzene rings is 2. The first-order valence-corrected chi connectivity index (χ1v) is 9.82. The molecule has 0 radical (unpaired) electrons. The van der Waals surface area contributed by atoms with Crippen LogP contribution in [0.3, 0.4) is 0 Å². The average Bonchev–Trinajstić information content (AvgIpc) is 3.09. The number of ether oxygens (including phenoxy) is 1. The van der Waals surface area contributed by atoms with Gasteiger partial charge in [0.25, 0.3) is 0 Å². The number of aromatic nitrogens is 2. The van der Waals surface area contributed by atoms with Gasteiger partial charge in [-0.1, -0.05) is 22.0 Å². The Morgan fingerprint density at radius 1 is 1.10 bits per heavy atom. The Bertz CT molecular complexity index is 1220. The fourth-order valence-corrected chi connectivity index (χ4v) is 3.37. The summed E-state index contributed by atoms with van der Waals surface area (Å²) in [6.07, 6.45) is 3.48. The second-order valence-corrected chi connectivity index (χ2v) is 7.21. The van der Waals surface area contributed by atoms with Gasteiger partial charge in [0.15, 0.2) is 17.3 Å². The molecule has 2 aromatic carbocycles. The van der Waals surface area contributed by atoms with Gasteiger partial charge >= 0.3 is 0 Å². The Labute approximate surface area is 175 Å². The van der Waals surface area contributed by atoms with Crippen LogP contribution < -0.4 is 4.74 Å². The zero-order valence-corrected chi connectivity index (χ0v) is 17.2. The highest BCUT2D eigenvalue weighted by atomic mass is 79.9. The number of pyridine rings is 1. The molecule has 29 heavy (non-hydrogen) atoms. The molecule has 2 heterocycles. The minimum absolute atomic E-state index is 0.0727. The molecule has 0 bridgehead atoms. The van der Waals surface area contributed by atoms with E-state index in [9.17, 15) is 10.2 Å². The first kappa shape index (κ1) is 19.0. The van der Waals surface area contributed by atoms with Crippen LogP contribution in [0.1, 0.15) is 12.5 Å². The summed E-state index contributed by atoms with van der Waals surface area (Å²) < 4.78 is 8.22. The van der Waals surface area contributed by atoms with Crippen LogP contribution in [0.5, 0.6) is 17.2 Å². The van der Waals surface area contributed by atoms with Gasteiger partial charge in [0.2, 0.25) is 0 Å². The van der Waals surface area contributed by atoms with Gasteiger partial charge < -0.3 is 14.9 Å². The molecule has 0 saturated carbocycles. The van der Waals surface area contributed by atoms with Crippen LogP contribution in [0.2, 0.25) is 0 Å². The highest BCUT2D eigenvalue weighted by Gasteiger charge is 2.15. The summed E-state index contributed by atoms with van der Waals surface area (Å²) in [6, 6.07) is 16.0. The third kappa shape index (κ3) is 3.82. The van der Waals surface area contributed by atoms with E-state index in [4.69, 9.17) is 9.72 Å². The number of aromatic hydroxyl groups is 2. The monoisotopic (exact) mass is 451 g/mol. The van der Waals surface area contributed by atoms with E-state index in [1.165, 1.54) is 0 Å². The van der Waals surface area contributed by atoms with Gasteiger partial charge in [-0.15, -0.1) is 0 Å². The highest BCUT2D eigenvalue weighted by Crippen LogP contribution is 2.36. The van der Waals surface area contributed by atoms with Crippen molar-refractivity contribution < 1.29 is 14.9 Å². The minimum Gasteiger partial charge on any atom is -0.507 e. The number of nitrogens with zero attached hydrogens (tertiary/aromatic N) is 3. The van der Waals surface area contributed by atoms with Gasteiger partial charge in [0.05, 0.1) is 6.61 Å². The molecule has 0 aliphatic heterocycles. The van der Waals surface area contributed by atoms with Crippen LogP contribution in [0, 0.1) is 0 Å². The molecule has 4 aromatic rings. The number of phenolic OH excluding ortho intramolecular Hbond substituents is 2. The number of hydrogen-bond acceptors (Lipinski definition) is 5. The van der Waals surface area contributed by atoms with Crippen molar-refractivity contribution in [2.45, 2.75) is 6.92 Å². The largest absolute Gasteiger partial charge is 0.507 e. The second kappa shape index (κ2) is 7.97. The lowest BCUT2D eigenvalue weighted by molar-refractivity contribution is 0.318. The van der Waals surface area contributed by atoms with Gasteiger partial charge in [-0.25, -0.2) is 9.98 Å². The van der Waals surface area contributed by atoms with Crippen molar-refractivity contribution in [1.29, 1.82) is 0 Å². The van der Waals surface area contributed by atoms with Gasteiger partial charge in [-0.2, -0.15) is 0 Å². The zero-order chi connectivity index (χ0) is 20.4. The number of aliphatic imine (C=N–C) groups is 1. The van der Waals surface area contributed by atoms with Crippen LogP contribution in [0.4, 0.5) is 5.82 Å². The number of hydrogen-bond donors (Lipinski definition) is 2. The molecule has 2 aromatic heterocycles. The van der Waals surface area contributed by atoms with E-state index in [0.717, 1.165) is 15.7 Å². The summed E-state index contributed by atoms with van der Waals surface area (Å²) in [7, 11) is 0. The third-order valence-corrected chi connectivity index (χ3v) is 4.85. The molecule has 0 amide bonds. The fourth-order valence-electron chi connectivity index (χ4n) is 2.99. The predicted molar refractivity (Wildman–Crippen MR) is 117 cm³/mol. The maximum Gasteiger partial charge on any atom is 0.165 e. The van der Waals surface area contributed by atoms with Gasteiger partial charge in [-0.3, -0.25) is 4.40 Å². The lowest BCUT2D eigenvalue weighted by atomic mass is 10.1. The molecule has 0 saturated heterocycles. The number of fused-ring (bicyclic) bond motifs is 1. The summed E-state index contributed by atoms with van der Waals surface area (Å²) in [5.74, 6) is 1.20. The zero-order valence-electron chi connectivity index (χ0n) is 15.6. The van der Waals surface area contributed by atoms with Crippen molar-refractivity contribution in [3.63, 3.8) is 0 Å². The average molecular weight is 452 g/mol. The van der Waals surface area contributed by atoms with Crippen LogP contribution >= 0.6 is 15.9 Å². The van der Waals surface area contributed by atoms with E-state index in [2.05, 4.69) is 20.9 Å². The van der Waals surface area contributed by atoms with E-state index < -0.39 is 0 Å². The van der Waals surface area contributed by atoms with Crippen molar-refractivity contribution in [2.24, 2.45) is 4.99 Å². The van der Waals surface area contributed by atoms with Gasteiger partial charge in [0.1, 0.15) is 17.1 Å². The first-order valence-electron chi connectivity index (χ1n) is 9.02. The van der Waals surface area contributed by atoms with Crippen LogP contribution in [-0.2, 0) is 0 Å². The molecule has 4 rings (SSSR count). The molecule has 0 aliphatic rings. The van der Waals surface area contributed by atoms with Crippen molar-refractivity contribution in [3.05, 3.63) is 70.8 Å². The summed E-state index contributed by atoms with van der Waals surface area (Å²) in [6.45, 7) is 2.30. The molecule has 2 N–H and O–H groups in total. The Hall–Kier alpha value is -3.32. The van der Waals surface area contributed by atoms with Crippen molar-refractivity contribution in [3.8, 4) is 28.5 Å². The van der Waals surface area contributed by atoms with Crippen molar-refractivity contribution in [2.75, 3.05) is 6.61 Å². The van der Waals surface area contributed by atoms with E-state index >= 15 is 0 Å². The maximum atomic E-state index is 10.1. The Morgan fingerprint density at radius 2 is 1.93 bits per heavy atom. The van der Waals surface area contributed by atoms with Gasteiger partial charge in [0, 0.05) is 28.0 Å². The highest BCUT2D eigenvalue weighted by molar-refractivity contribution is 9.10. The standard InChI is InChI=1S/C22H18BrN3O3/c1-2-29-19-12-14(6-8-18(19)28)21-22(26-10-4-3-5-20(26)25-21)24-13-15-11-16(23)7-9-17(15)27/h3-13,27-28H,2H2,1H3/b24-13+. The molecule has 146 valence electrons. The molecule has 0 fully saturated rings. The maximum absolute atomic E-state index is 10.1. The van der Waals surface area contributed by atoms with E-state index in [1.54, 1.807) is 42.6 Å². The first-order chi connectivity index (χ1) is 14.1. The normalized spacial score (nSPS) is 11.4. The molecule has 6 nitrogen and oxygen atoms in total. The van der Waals surface area contributed by atoms with Crippen molar-refractivity contribution in [1.82, 2.24) is 9.38 Å². The number of rotatable bonds is 5. The number of halogens is 1. The predicted octanol–water partition coefficient (Wildman–Crippen LogP) is 5.32. The minimum atomic E-state index is 0.0727. The molecule has 0 spiro atoms. The molecular formula is C22H18BrN3O3. The summed E-state index contributed by atoms with van der Waals surface area (Å²) in [5.41, 5.74) is 2.72. The number of phenols is 2. The number of imidazole rings is 1. The van der Waals surface area contributed by atoms with E-state index in [-0.39, 0.29) is 11.5 Å². The SMILES string of the molecule is CCOc1cc(-c2nc3ccccn3c2/N=C/c2cc(Br)ccc2O)ccc1O. The fraction of sp³-hybridized carbons (Fsp3) is 0.0909. The summed E-state index contributed by atoms with van der Waals surface area (Å²) >= 11 is 3.41. The quantitative estimate of drug-likeness (QED) is 0.402. The molecule has 0 unspecified atom stereocenters. The molecule has 0 atom stereocenters. The Kier molecular flexibility index (Phi) is 5.22. The second-order valence-electron chi connectivity index (χ2n) is 6.29. The van der Waals surface area contributed by atoms with Crippen LogP contribution in [0.15, 0.2) is 70.3 Å². The molecular weight excluding hydrogens is 434 g/mol. The summed E-state index contributed by atoms with van der Waals surface area (Å²) in [4.78, 5) is 9.34. The lowest BCUT2D eigenvalue weighted by Gasteiger charge is -2.08. The molecule has 0 aliphatic carbocycles. The van der Waals surface area contributed by atoms with Crippen LogP contribution in [0.25, 0.3) is 16.9 Å². The van der Waals surface area contributed by atoms with Gasteiger partial charge in [-0.05, 0) is 55.5 Å². The summed E-state index contributed by atoms with van der Waals surface area (Å²) in [5, 5.41) is 20.1. The Balaban J connectivity index is 1.87. The van der Waals surface area contributed by atoms with E-state index in [1.807, 2.05) is 35.7 Å². The van der Waals surface area contributed by atoms with Crippen LogP contribution in [-0.4, -0.2) is 32.4 Å². The lowest BCUT2D eigenvalue weighted by Crippen LogP contribution is -1.92. The van der Waals surface area contributed by atoms with Crippen molar-refractivity contribution >= 4 is 33.6 Å². The van der Waals surface area contributed by atoms with E-state index in [0.29, 0.717) is 29.4 Å². The third-order valence-electron chi connectivity index (χ3n) is 4.35.